The van der Waals surface area contributed by atoms with Gasteiger partial charge in [-0.2, -0.15) is 0 Å². The monoisotopic (exact) mass is 408 g/mol. The number of nitrogens with two attached hydrogens (primary N) is 1. The molecule has 0 radical (unpaired) electrons. The third kappa shape index (κ3) is 3.07. The lowest BCUT2D eigenvalue weighted by molar-refractivity contribution is 0.0696. The van der Waals surface area contributed by atoms with Crippen molar-refractivity contribution in [2.45, 2.75) is 0 Å². The fraction of sp³-hybridized carbons (Fsp3) is 0. The van der Waals surface area contributed by atoms with Crippen molar-refractivity contribution >= 4 is 40.2 Å². The van der Waals surface area contributed by atoms with E-state index in [2.05, 4.69) is 0 Å². The van der Waals surface area contributed by atoms with Crippen molar-refractivity contribution in [1.29, 1.82) is 5.41 Å². The molecule has 7 nitrogen and oxygen atoms in total. The molecule has 5 N–H and O–H groups in total. The third-order valence-electron chi connectivity index (χ3n) is 4.60. The highest BCUT2D eigenvalue weighted by Crippen LogP contribution is 2.42. The maximum absolute atomic E-state index is 11.9. The van der Waals surface area contributed by atoms with Crippen LogP contribution in [0.4, 0.5) is 5.69 Å². The lowest BCUT2D eigenvalue weighted by atomic mass is 9.90. The van der Waals surface area contributed by atoms with Crippen LogP contribution in [0.15, 0.2) is 52.9 Å². The summed E-state index contributed by atoms with van der Waals surface area (Å²) < 4.78 is 5.89. The number of anilines is 1. The Morgan fingerprint density at radius 3 is 2.41 bits per heavy atom. The smallest absolute Gasteiger partial charge is 0.336 e. The molecule has 0 bridgehead atoms. The van der Waals surface area contributed by atoms with Crippen LogP contribution in [0.3, 0.4) is 0 Å². The highest BCUT2D eigenvalue weighted by atomic mass is 35.5. The van der Waals surface area contributed by atoms with E-state index in [1.54, 1.807) is 18.2 Å². The largest absolute Gasteiger partial charge is 0.478 e. The molecule has 0 saturated heterocycles. The Balaban J connectivity index is 2.20. The van der Waals surface area contributed by atoms with Gasteiger partial charge in [-0.1, -0.05) is 17.7 Å². The van der Waals surface area contributed by atoms with Crippen LogP contribution in [0.2, 0.25) is 5.02 Å². The Labute approximate surface area is 168 Å². The minimum atomic E-state index is -1.27. The first kappa shape index (κ1) is 18.5. The minimum Gasteiger partial charge on any atom is -0.478 e. The molecule has 1 aliphatic carbocycles. The molecule has 0 saturated carbocycles. The van der Waals surface area contributed by atoms with Gasteiger partial charge in [-0.15, -0.1) is 0 Å². The molecule has 0 amide bonds. The summed E-state index contributed by atoms with van der Waals surface area (Å²) in [6.07, 6.45) is 0. The molecule has 1 aliphatic heterocycles. The van der Waals surface area contributed by atoms with Gasteiger partial charge in [0.05, 0.1) is 21.5 Å². The number of carboxylic acid groups (broad SMARTS) is 2. The van der Waals surface area contributed by atoms with Crippen LogP contribution < -0.4 is 11.1 Å². The van der Waals surface area contributed by atoms with Gasteiger partial charge in [0.15, 0.2) is 0 Å². The molecule has 2 aromatic rings. The number of carboxylic acids is 2. The fourth-order valence-corrected chi connectivity index (χ4v) is 3.45. The number of fused-ring (bicyclic) bond motifs is 2. The molecule has 0 spiro atoms. The van der Waals surface area contributed by atoms with Gasteiger partial charge < -0.3 is 20.4 Å². The molecule has 4 rings (SSSR count). The Morgan fingerprint density at radius 2 is 1.72 bits per heavy atom. The molecular weight excluding hydrogens is 396 g/mol. The second kappa shape index (κ2) is 6.65. The van der Waals surface area contributed by atoms with E-state index in [0.29, 0.717) is 39.1 Å². The first-order valence-corrected chi connectivity index (χ1v) is 8.75. The van der Waals surface area contributed by atoms with Crippen LogP contribution in [0.25, 0.3) is 33.4 Å². The summed E-state index contributed by atoms with van der Waals surface area (Å²) in [7, 11) is 0. The minimum absolute atomic E-state index is 0.0526. The Kier molecular flexibility index (Phi) is 4.24. The van der Waals surface area contributed by atoms with E-state index in [1.807, 2.05) is 0 Å². The first-order chi connectivity index (χ1) is 13.8. The summed E-state index contributed by atoms with van der Waals surface area (Å²) in [5, 5.41) is 27.7. The number of halogens is 1. The van der Waals surface area contributed by atoms with E-state index in [1.165, 1.54) is 24.3 Å². The van der Waals surface area contributed by atoms with Gasteiger partial charge in [0.2, 0.25) is 0 Å². The number of nitrogens with one attached hydrogen (secondary N) is 1. The maximum atomic E-state index is 11.9. The van der Waals surface area contributed by atoms with Crippen molar-refractivity contribution in [1.82, 2.24) is 0 Å². The van der Waals surface area contributed by atoms with E-state index in [-0.39, 0.29) is 21.5 Å². The lowest BCUT2D eigenvalue weighted by Crippen LogP contribution is -2.07. The van der Waals surface area contributed by atoms with E-state index in [4.69, 9.17) is 27.2 Å². The van der Waals surface area contributed by atoms with Crippen molar-refractivity contribution in [2.75, 3.05) is 5.73 Å². The zero-order valence-corrected chi connectivity index (χ0v) is 15.4. The molecule has 8 heteroatoms. The summed E-state index contributed by atoms with van der Waals surface area (Å²) in [4.78, 5) is 23.2. The summed E-state index contributed by atoms with van der Waals surface area (Å²) in [6, 6.07) is 11.8. The SMILES string of the molecule is N=c1cc2oc3cc(N)ccc3c(-c3ccc(C(=O)O)cc3C(=O)O)c-2cc1Cl. The van der Waals surface area contributed by atoms with Crippen molar-refractivity contribution in [3.63, 3.8) is 0 Å². The quantitative estimate of drug-likeness (QED) is 0.294. The zero-order chi connectivity index (χ0) is 20.9. The van der Waals surface area contributed by atoms with Gasteiger partial charge in [-0.3, -0.25) is 5.41 Å². The molecule has 144 valence electrons. The molecule has 2 aliphatic rings. The van der Waals surface area contributed by atoms with E-state index in [9.17, 15) is 19.8 Å². The molecule has 0 unspecified atom stereocenters. The Hall–Kier alpha value is -3.84. The number of nitrogen functional groups attached to an aromatic ring is 1. The predicted molar refractivity (Wildman–Crippen MR) is 107 cm³/mol. The van der Waals surface area contributed by atoms with Crippen LogP contribution in [0.5, 0.6) is 0 Å². The number of carbonyl (C=O) groups is 2. The van der Waals surface area contributed by atoms with Crippen LogP contribution in [-0.2, 0) is 0 Å². The number of hydrogen-bond donors (Lipinski definition) is 4. The van der Waals surface area contributed by atoms with Crippen LogP contribution in [-0.4, -0.2) is 22.2 Å². The molecule has 0 atom stereocenters. The molecule has 29 heavy (non-hydrogen) atoms. The Morgan fingerprint density at radius 1 is 0.966 bits per heavy atom. The number of hydrogen-bond acceptors (Lipinski definition) is 5. The van der Waals surface area contributed by atoms with Gasteiger partial charge in [0.25, 0.3) is 0 Å². The van der Waals surface area contributed by atoms with Gasteiger partial charge in [0.1, 0.15) is 11.3 Å². The van der Waals surface area contributed by atoms with Gasteiger partial charge in [-0.05, 0) is 35.9 Å². The molecule has 0 fully saturated rings. The first-order valence-electron chi connectivity index (χ1n) is 8.37. The fourth-order valence-electron chi connectivity index (χ4n) is 3.29. The predicted octanol–water partition coefficient (Wildman–Crippen LogP) is 4.32. The molecule has 2 aromatic carbocycles. The second-order valence-corrected chi connectivity index (χ2v) is 6.84. The van der Waals surface area contributed by atoms with Crippen LogP contribution >= 0.6 is 11.6 Å². The van der Waals surface area contributed by atoms with Gasteiger partial charge in [-0.25, -0.2) is 9.59 Å². The van der Waals surface area contributed by atoms with E-state index < -0.39 is 11.9 Å². The van der Waals surface area contributed by atoms with Crippen LogP contribution in [0.1, 0.15) is 20.7 Å². The summed E-state index contributed by atoms with van der Waals surface area (Å²) in [5.41, 5.74) is 7.68. The average molecular weight is 409 g/mol. The van der Waals surface area contributed by atoms with E-state index in [0.717, 1.165) is 6.07 Å². The Bertz CT molecular complexity index is 1360. The lowest BCUT2D eigenvalue weighted by Gasteiger charge is -2.17. The number of benzene rings is 3. The van der Waals surface area contributed by atoms with Crippen molar-refractivity contribution in [3.8, 4) is 22.5 Å². The summed E-state index contributed by atoms with van der Waals surface area (Å²) in [5.74, 6) is -2.18. The second-order valence-electron chi connectivity index (χ2n) is 6.43. The highest BCUT2D eigenvalue weighted by Gasteiger charge is 2.23. The molecule has 0 aromatic heterocycles. The number of rotatable bonds is 3. The number of aromatic carboxylic acids is 2. The standard InChI is InChI=1S/C21H13ClN2O5/c22-15-7-14-18(8-16(15)24)29-17-6-10(23)2-4-12(17)19(14)11-3-1-9(20(25)26)5-13(11)21(27)28/h1-8,24H,23H2,(H,25,26)(H,27,28). The molecular formula is C21H13ClN2O5. The normalized spacial score (nSPS) is 11.1. The van der Waals surface area contributed by atoms with Gasteiger partial charge in [0, 0.05) is 34.3 Å². The topological polar surface area (TPSA) is 138 Å². The zero-order valence-electron chi connectivity index (χ0n) is 14.7. The van der Waals surface area contributed by atoms with Crippen molar-refractivity contribution in [2.24, 2.45) is 0 Å². The van der Waals surface area contributed by atoms with Crippen LogP contribution in [0, 0.1) is 5.41 Å². The highest BCUT2D eigenvalue weighted by molar-refractivity contribution is 6.31. The summed E-state index contributed by atoms with van der Waals surface area (Å²) >= 11 is 6.15. The van der Waals surface area contributed by atoms with E-state index >= 15 is 0 Å². The third-order valence-corrected chi connectivity index (χ3v) is 4.91. The molecule has 1 heterocycles. The van der Waals surface area contributed by atoms with Crippen molar-refractivity contribution < 1.29 is 24.2 Å². The van der Waals surface area contributed by atoms with Crippen molar-refractivity contribution in [3.05, 3.63) is 70.0 Å². The van der Waals surface area contributed by atoms with Gasteiger partial charge >= 0.3 is 11.9 Å². The summed E-state index contributed by atoms with van der Waals surface area (Å²) in [6.45, 7) is 0. The maximum Gasteiger partial charge on any atom is 0.336 e. The average Bonchev–Trinajstić information content (AvgIpc) is 2.67.